The molecule has 2 heterocycles. The normalized spacial score (nSPS) is 41.3. The Balaban J connectivity index is 1.67. The summed E-state index contributed by atoms with van der Waals surface area (Å²) >= 11 is 2.49. The molecule has 3 heteroatoms. The fourth-order valence-electron chi connectivity index (χ4n) is 2.84. The average Bonchev–Trinajstić information content (AvgIpc) is 2.83. The van der Waals surface area contributed by atoms with E-state index < -0.39 is 0 Å². The summed E-state index contributed by atoms with van der Waals surface area (Å²) < 4.78 is 2.49. The van der Waals surface area contributed by atoms with E-state index >= 15 is 0 Å². The summed E-state index contributed by atoms with van der Waals surface area (Å²) in [5.41, 5.74) is 0. The van der Waals surface area contributed by atoms with E-state index in [9.17, 15) is 0 Å². The van der Waals surface area contributed by atoms with Crippen LogP contribution in [0, 0.1) is 5.92 Å². The lowest BCUT2D eigenvalue weighted by atomic mass is 10.2. The van der Waals surface area contributed by atoms with E-state index in [1.54, 1.807) is 0 Å². The van der Waals surface area contributed by atoms with E-state index in [1.807, 2.05) is 0 Å². The van der Waals surface area contributed by atoms with Gasteiger partial charge in [-0.1, -0.05) is 0 Å². The topological polar surface area (TPSA) is 6.48 Å². The summed E-state index contributed by atoms with van der Waals surface area (Å²) in [4.78, 5) is 2.81. The minimum absolute atomic E-state index is 0.899. The highest BCUT2D eigenvalue weighted by molar-refractivity contribution is 14.1. The molecule has 2 atom stereocenters. The molecule has 2 bridgehead atoms. The molecule has 0 aromatic carbocycles. The van der Waals surface area contributed by atoms with Crippen LogP contribution in [-0.2, 0) is 0 Å². The number of rotatable bonds is 2. The third kappa shape index (κ3) is 1.75. The molecular formula is C10H17IN2. The lowest BCUT2D eigenvalue weighted by Gasteiger charge is -2.38. The van der Waals surface area contributed by atoms with E-state index in [1.165, 1.54) is 45.3 Å². The first-order valence-electron chi connectivity index (χ1n) is 5.49. The fraction of sp³-hybridized carbons (Fsp3) is 1.00. The number of halogens is 1. The van der Waals surface area contributed by atoms with Crippen molar-refractivity contribution in [1.29, 1.82) is 0 Å². The van der Waals surface area contributed by atoms with Gasteiger partial charge in [-0.3, -0.25) is 4.90 Å². The van der Waals surface area contributed by atoms with Gasteiger partial charge in [-0.15, -0.1) is 0 Å². The highest BCUT2D eigenvalue weighted by atomic mass is 127. The van der Waals surface area contributed by atoms with Gasteiger partial charge in [0, 0.05) is 54.6 Å². The van der Waals surface area contributed by atoms with Crippen LogP contribution in [0.3, 0.4) is 0 Å². The molecule has 74 valence electrons. The quantitative estimate of drug-likeness (QED) is 0.566. The monoisotopic (exact) mass is 292 g/mol. The van der Waals surface area contributed by atoms with Crippen molar-refractivity contribution in [2.75, 3.05) is 19.6 Å². The molecule has 0 spiro atoms. The third-order valence-corrected chi connectivity index (χ3v) is 4.54. The maximum atomic E-state index is 2.81. The Kier molecular flexibility index (Phi) is 2.30. The van der Waals surface area contributed by atoms with Crippen LogP contribution in [0.5, 0.6) is 0 Å². The van der Waals surface area contributed by atoms with Gasteiger partial charge < -0.3 is 0 Å². The Hall–Kier alpha value is 0.650. The van der Waals surface area contributed by atoms with Gasteiger partial charge >= 0.3 is 0 Å². The minimum atomic E-state index is 0.899. The van der Waals surface area contributed by atoms with E-state index in [0.717, 1.165) is 18.0 Å². The minimum Gasteiger partial charge on any atom is -0.295 e. The second-order valence-electron chi connectivity index (χ2n) is 4.85. The molecular weight excluding hydrogens is 275 g/mol. The highest BCUT2D eigenvalue weighted by Crippen LogP contribution is 2.37. The molecule has 0 N–H and O–H groups in total. The first-order valence-corrected chi connectivity index (χ1v) is 6.46. The van der Waals surface area contributed by atoms with Crippen molar-refractivity contribution in [3.8, 4) is 0 Å². The van der Waals surface area contributed by atoms with Crippen molar-refractivity contribution < 1.29 is 0 Å². The number of piperazine rings is 1. The van der Waals surface area contributed by atoms with Crippen molar-refractivity contribution >= 4 is 22.9 Å². The van der Waals surface area contributed by atoms with Crippen molar-refractivity contribution in [2.24, 2.45) is 5.92 Å². The van der Waals surface area contributed by atoms with E-state index in [-0.39, 0.29) is 0 Å². The maximum absolute atomic E-state index is 2.81. The predicted molar refractivity (Wildman–Crippen MR) is 61.8 cm³/mol. The second-order valence-corrected chi connectivity index (χ2v) is 6.22. The smallest absolute Gasteiger partial charge is 0.0238 e. The molecule has 0 aromatic heterocycles. The van der Waals surface area contributed by atoms with Crippen molar-refractivity contribution in [2.45, 2.75) is 37.8 Å². The zero-order valence-corrected chi connectivity index (χ0v) is 10.1. The summed E-state index contributed by atoms with van der Waals surface area (Å²) in [6.45, 7) is 4.04. The number of hydrogen-bond acceptors (Lipinski definition) is 2. The van der Waals surface area contributed by atoms with Crippen LogP contribution in [0.1, 0.15) is 25.7 Å². The Bertz CT molecular complexity index is 191. The molecule has 3 rings (SSSR count). The Morgan fingerprint density at radius 1 is 1.00 bits per heavy atom. The van der Waals surface area contributed by atoms with Gasteiger partial charge in [0.2, 0.25) is 0 Å². The van der Waals surface area contributed by atoms with Gasteiger partial charge in [0.25, 0.3) is 0 Å². The first kappa shape index (κ1) is 8.92. The molecule has 1 aliphatic carbocycles. The molecule has 0 radical (unpaired) electrons. The Morgan fingerprint density at radius 2 is 1.62 bits per heavy atom. The van der Waals surface area contributed by atoms with Gasteiger partial charge in [-0.2, -0.15) is 0 Å². The molecule has 2 saturated heterocycles. The molecule has 2 unspecified atom stereocenters. The van der Waals surface area contributed by atoms with Crippen LogP contribution in [0.4, 0.5) is 0 Å². The summed E-state index contributed by atoms with van der Waals surface area (Å²) in [5.74, 6) is 1.07. The van der Waals surface area contributed by atoms with Crippen LogP contribution in [0.25, 0.3) is 0 Å². The van der Waals surface area contributed by atoms with Gasteiger partial charge in [-0.05, 0) is 31.6 Å². The number of fused-ring (bicyclic) bond motifs is 2. The SMILES string of the molecule is IN1CC2CCC(C1)N2CC1CC1. The zero-order valence-electron chi connectivity index (χ0n) is 7.95. The largest absolute Gasteiger partial charge is 0.295 e. The molecule has 1 saturated carbocycles. The van der Waals surface area contributed by atoms with Crippen LogP contribution < -0.4 is 0 Å². The average molecular weight is 292 g/mol. The second kappa shape index (κ2) is 3.35. The highest BCUT2D eigenvalue weighted by Gasteiger charge is 2.41. The van der Waals surface area contributed by atoms with Crippen molar-refractivity contribution in [3.05, 3.63) is 0 Å². The summed E-state index contributed by atoms with van der Waals surface area (Å²) in [5, 5.41) is 0. The van der Waals surface area contributed by atoms with Gasteiger partial charge in [0.15, 0.2) is 0 Å². The lowest BCUT2D eigenvalue weighted by Crippen LogP contribution is -2.51. The van der Waals surface area contributed by atoms with Crippen molar-refractivity contribution in [1.82, 2.24) is 8.01 Å². The molecule has 2 aliphatic heterocycles. The fourth-order valence-corrected chi connectivity index (χ4v) is 3.74. The van der Waals surface area contributed by atoms with Gasteiger partial charge in [0.05, 0.1) is 0 Å². The van der Waals surface area contributed by atoms with Crippen LogP contribution >= 0.6 is 22.9 Å². The number of nitrogens with zero attached hydrogens (tertiary/aromatic N) is 2. The van der Waals surface area contributed by atoms with Crippen molar-refractivity contribution in [3.63, 3.8) is 0 Å². The molecule has 3 fully saturated rings. The number of hydrogen-bond donors (Lipinski definition) is 0. The standard InChI is InChI=1S/C10H17IN2/c11-12-6-9-3-4-10(7-12)13(9)5-8-1-2-8/h8-10H,1-7H2. The van der Waals surface area contributed by atoms with Gasteiger partial charge in [0.1, 0.15) is 0 Å². The Labute approximate surface area is 94.1 Å². The summed E-state index contributed by atoms with van der Waals surface area (Å²) in [6.07, 6.45) is 5.92. The van der Waals surface area contributed by atoms with Gasteiger partial charge in [-0.25, -0.2) is 3.11 Å². The molecule has 0 aromatic rings. The Morgan fingerprint density at radius 3 is 2.15 bits per heavy atom. The summed E-state index contributed by atoms with van der Waals surface area (Å²) in [7, 11) is 0. The predicted octanol–water partition coefficient (Wildman–Crippen LogP) is 1.90. The molecule has 0 amide bonds. The first-order chi connectivity index (χ1) is 6.33. The van der Waals surface area contributed by atoms with E-state index in [4.69, 9.17) is 0 Å². The third-order valence-electron chi connectivity index (χ3n) is 3.75. The van der Waals surface area contributed by atoms with E-state index in [2.05, 4.69) is 30.9 Å². The van der Waals surface area contributed by atoms with Crippen LogP contribution in [-0.4, -0.2) is 39.7 Å². The van der Waals surface area contributed by atoms with E-state index in [0.29, 0.717) is 0 Å². The van der Waals surface area contributed by atoms with Crippen LogP contribution in [0.2, 0.25) is 0 Å². The summed E-state index contributed by atoms with van der Waals surface area (Å²) in [6, 6.07) is 1.80. The zero-order chi connectivity index (χ0) is 8.84. The van der Waals surface area contributed by atoms with Crippen LogP contribution in [0.15, 0.2) is 0 Å². The maximum Gasteiger partial charge on any atom is 0.0238 e. The molecule has 2 nitrogen and oxygen atoms in total. The lowest BCUT2D eigenvalue weighted by molar-refractivity contribution is 0.118. The molecule has 3 aliphatic rings. The molecule has 13 heavy (non-hydrogen) atoms.